The zero-order valence-electron chi connectivity index (χ0n) is 14.2. The summed E-state index contributed by atoms with van der Waals surface area (Å²) in [6.45, 7) is 5.66. The summed E-state index contributed by atoms with van der Waals surface area (Å²) < 4.78 is 29.0. The highest BCUT2D eigenvalue weighted by molar-refractivity contribution is 7.89. The van der Waals surface area contributed by atoms with Crippen molar-refractivity contribution in [2.24, 2.45) is 7.05 Å². The van der Waals surface area contributed by atoms with E-state index in [1.165, 1.54) is 6.20 Å². The first-order valence-corrected chi connectivity index (χ1v) is 9.42. The second-order valence-corrected chi connectivity index (χ2v) is 7.77. The number of hydrogen-bond acceptors (Lipinski definition) is 6. The lowest BCUT2D eigenvalue weighted by Gasteiger charge is -2.16. The second kappa shape index (κ2) is 6.48. The molecule has 3 rings (SSSR count). The third kappa shape index (κ3) is 3.57. The van der Waals surface area contributed by atoms with Gasteiger partial charge in [0.2, 0.25) is 5.95 Å². The predicted octanol–water partition coefficient (Wildman–Crippen LogP) is 0.906. The molecule has 1 saturated heterocycles. The number of nitrogens with one attached hydrogen (secondary N) is 1. The molecule has 1 aliphatic rings. The van der Waals surface area contributed by atoms with Crippen molar-refractivity contribution < 1.29 is 8.42 Å². The number of anilines is 1. The molecule has 9 heteroatoms. The van der Waals surface area contributed by atoms with Crippen LogP contribution in [0.3, 0.4) is 0 Å². The Kier molecular flexibility index (Phi) is 4.55. The lowest BCUT2D eigenvalue weighted by Crippen LogP contribution is -2.26. The van der Waals surface area contributed by atoms with Crippen LogP contribution in [0.25, 0.3) is 0 Å². The van der Waals surface area contributed by atoms with Gasteiger partial charge in [0.15, 0.2) is 5.03 Å². The van der Waals surface area contributed by atoms with E-state index in [0.717, 1.165) is 31.6 Å². The summed E-state index contributed by atoms with van der Waals surface area (Å²) in [5.41, 5.74) is 1.48. The van der Waals surface area contributed by atoms with Gasteiger partial charge in [0.25, 0.3) is 10.0 Å². The quantitative estimate of drug-likeness (QED) is 0.861. The molecule has 0 saturated carbocycles. The summed E-state index contributed by atoms with van der Waals surface area (Å²) in [6, 6.07) is 1.80. The maximum Gasteiger partial charge on any atom is 0.259 e. The Balaban J connectivity index is 1.76. The Morgan fingerprint density at radius 3 is 2.50 bits per heavy atom. The summed E-state index contributed by atoms with van der Waals surface area (Å²) in [6.07, 6.45) is 3.77. The highest BCUT2D eigenvalue weighted by atomic mass is 32.2. The minimum absolute atomic E-state index is 0.0213. The average molecular weight is 350 g/mol. The minimum atomic E-state index is -3.66. The van der Waals surface area contributed by atoms with Crippen molar-refractivity contribution in [3.63, 3.8) is 0 Å². The Morgan fingerprint density at radius 1 is 1.17 bits per heavy atom. The van der Waals surface area contributed by atoms with Crippen molar-refractivity contribution in [1.29, 1.82) is 0 Å². The van der Waals surface area contributed by atoms with Crippen LogP contribution in [0.2, 0.25) is 0 Å². The molecule has 0 radical (unpaired) electrons. The van der Waals surface area contributed by atoms with Crippen LogP contribution in [0.5, 0.6) is 0 Å². The van der Waals surface area contributed by atoms with Crippen molar-refractivity contribution >= 4 is 16.0 Å². The number of hydrogen-bond donors (Lipinski definition) is 1. The smallest absolute Gasteiger partial charge is 0.259 e. The van der Waals surface area contributed by atoms with Crippen LogP contribution in [0.15, 0.2) is 17.3 Å². The molecule has 24 heavy (non-hydrogen) atoms. The molecular formula is C15H22N6O2S. The van der Waals surface area contributed by atoms with Crippen molar-refractivity contribution in [3.05, 3.63) is 29.5 Å². The van der Waals surface area contributed by atoms with Gasteiger partial charge in [0.05, 0.1) is 12.2 Å². The zero-order valence-corrected chi connectivity index (χ0v) is 15.0. The molecule has 1 fully saturated rings. The summed E-state index contributed by atoms with van der Waals surface area (Å²) in [4.78, 5) is 15.1. The normalized spacial score (nSPS) is 15.2. The summed E-state index contributed by atoms with van der Waals surface area (Å²) in [7, 11) is -1.90. The summed E-state index contributed by atoms with van der Waals surface area (Å²) in [5, 5.41) is 0.0213. The van der Waals surface area contributed by atoms with E-state index in [-0.39, 0.29) is 11.6 Å². The van der Waals surface area contributed by atoms with E-state index in [0.29, 0.717) is 17.5 Å². The molecule has 0 spiro atoms. The van der Waals surface area contributed by atoms with Crippen LogP contribution >= 0.6 is 0 Å². The lowest BCUT2D eigenvalue weighted by atomic mass is 10.3. The highest BCUT2D eigenvalue weighted by Gasteiger charge is 2.20. The SMILES string of the molecule is Cc1cc(CNS(=O)(=O)c2cn(C)c(C)n2)nc(N2CCCC2)n1. The number of sulfonamides is 1. The van der Waals surface area contributed by atoms with E-state index in [1.54, 1.807) is 24.6 Å². The van der Waals surface area contributed by atoms with Crippen LogP contribution in [-0.2, 0) is 23.6 Å². The minimum Gasteiger partial charge on any atom is -0.341 e. The number of aryl methyl sites for hydroxylation is 3. The largest absolute Gasteiger partial charge is 0.341 e. The van der Waals surface area contributed by atoms with E-state index >= 15 is 0 Å². The fraction of sp³-hybridized carbons (Fsp3) is 0.533. The van der Waals surface area contributed by atoms with Gasteiger partial charge in [-0.1, -0.05) is 0 Å². The Bertz CT molecular complexity index is 820. The van der Waals surface area contributed by atoms with Gasteiger partial charge < -0.3 is 9.47 Å². The first kappa shape index (κ1) is 16.8. The Hall–Kier alpha value is -2.00. The maximum absolute atomic E-state index is 12.4. The molecule has 0 bridgehead atoms. The molecule has 0 aliphatic carbocycles. The van der Waals surface area contributed by atoms with Gasteiger partial charge in [0, 0.05) is 32.0 Å². The molecule has 8 nitrogen and oxygen atoms in total. The molecule has 0 unspecified atom stereocenters. The second-order valence-electron chi connectivity index (χ2n) is 6.06. The van der Waals surface area contributed by atoms with E-state index in [9.17, 15) is 8.42 Å². The molecular weight excluding hydrogens is 328 g/mol. The van der Waals surface area contributed by atoms with Crippen LogP contribution in [0.1, 0.15) is 30.1 Å². The molecule has 2 aromatic rings. The first-order chi connectivity index (χ1) is 11.3. The topological polar surface area (TPSA) is 93.0 Å². The van der Waals surface area contributed by atoms with Crippen LogP contribution < -0.4 is 9.62 Å². The standard InChI is InChI=1S/C15H22N6O2S/c1-11-8-13(19-15(17-11)21-6-4-5-7-21)9-16-24(22,23)14-10-20(3)12(2)18-14/h8,10,16H,4-7,9H2,1-3H3. The van der Waals surface area contributed by atoms with E-state index < -0.39 is 10.0 Å². The predicted molar refractivity (Wildman–Crippen MR) is 90.2 cm³/mol. The molecule has 0 atom stereocenters. The molecule has 3 heterocycles. The Morgan fingerprint density at radius 2 is 1.88 bits per heavy atom. The fourth-order valence-electron chi connectivity index (χ4n) is 2.66. The highest BCUT2D eigenvalue weighted by Crippen LogP contribution is 2.17. The zero-order chi connectivity index (χ0) is 17.3. The molecule has 0 aromatic carbocycles. The first-order valence-electron chi connectivity index (χ1n) is 7.94. The molecule has 0 amide bonds. The van der Waals surface area contributed by atoms with Crippen LogP contribution in [0.4, 0.5) is 5.95 Å². The molecule has 1 N–H and O–H groups in total. The van der Waals surface area contributed by atoms with Crippen molar-refractivity contribution in [3.8, 4) is 0 Å². The van der Waals surface area contributed by atoms with Crippen LogP contribution in [0, 0.1) is 13.8 Å². The third-order valence-electron chi connectivity index (χ3n) is 4.09. The molecule has 130 valence electrons. The van der Waals surface area contributed by atoms with Crippen molar-refractivity contribution in [2.45, 2.75) is 38.3 Å². The number of nitrogens with zero attached hydrogens (tertiary/aromatic N) is 5. The van der Waals surface area contributed by atoms with Gasteiger partial charge in [-0.25, -0.2) is 28.1 Å². The summed E-state index contributed by atoms with van der Waals surface area (Å²) >= 11 is 0. The van der Waals surface area contributed by atoms with Gasteiger partial charge in [0.1, 0.15) is 5.82 Å². The monoisotopic (exact) mass is 350 g/mol. The fourth-order valence-corrected chi connectivity index (χ4v) is 3.70. The van der Waals surface area contributed by atoms with Gasteiger partial charge in [-0.05, 0) is 32.8 Å². The average Bonchev–Trinajstić information content (AvgIpc) is 3.16. The van der Waals surface area contributed by atoms with Gasteiger partial charge >= 0.3 is 0 Å². The van der Waals surface area contributed by atoms with E-state index in [1.807, 2.05) is 6.92 Å². The van der Waals surface area contributed by atoms with E-state index in [4.69, 9.17) is 0 Å². The maximum atomic E-state index is 12.4. The summed E-state index contributed by atoms with van der Waals surface area (Å²) in [5.74, 6) is 1.32. The van der Waals surface area contributed by atoms with Gasteiger partial charge in [-0.15, -0.1) is 0 Å². The van der Waals surface area contributed by atoms with Crippen LogP contribution in [-0.4, -0.2) is 41.0 Å². The number of rotatable bonds is 5. The van der Waals surface area contributed by atoms with Gasteiger partial charge in [-0.2, -0.15) is 0 Å². The van der Waals surface area contributed by atoms with Crippen molar-refractivity contribution in [2.75, 3.05) is 18.0 Å². The molecule has 2 aromatic heterocycles. The van der Waals surface area contributed by atoms with Crippen molar-refractivity contribution in [1.82, 2.24) is 24.2 Å². The van der Waals surface area contributed by atoms with E-state index in [2.05, 4.69) is 24.6 Å². The molecule has 1 aliphatic heterocycles. The number of aromatic nitrogens is 4. The Labute approximate surface area is 142 Å². The van der Waals surface area contributed by atoms with Gasteiger partial charge in [-0.3, -0.25) is 0 Å². The lowest BCUT2D eigenvalue weighted by molar-refractivity contribution is 0.576. The number of imidazole rings is 1. The third-order valence-corrected chi connectivity index (χ3v) is 5.36.